The number of unbranched alkanes of at least 4 members (excludes halogenated alkanes) is 3. The third-order valence-electron chi connectivity index (χ3n) is 5.57. The van der Waals surface area contributed by atoms with Gasteiger partial charge in [-0.3, -0.25) is 9.88 Å². The predicted octanol–water partition coefficient (Wildman–Crippen LogP) is 3.47. The van der Waals surface area contributed by atoms with E-state index in [1.54, 1.807) is 13.3 Å². The fourth-order valence-corrected chi connectivity index (χ4v) is 3.86. The molecule has 1 aromatic carbocycles. The van der Waals surface area contributed by atoms with E-state index in [1.165, 1.54) is 32.2 Å². The van der Waals surface area contributed by atoms with Crippen LogP contribution in [0.2, 0.25) is 0 Å². The van der Waals surface area contributed by atoms with E-state index >= 15 is 0 Å². The number of aliphatic hydroxyl groups excluding tert-OH is 1. The summed E-state index contributed by atoms with van der Waals surface area (Å²) in [6.07, 6.45) is 6.55. The lowest BCUT2D eigenvalue weighted by Crippen LogP contribution is -2.47. The molecule has 0 unspecified atom stereocenters. The Morgan fingerprint density at radius 1 is 1.07 bits per heavy atom. The van der Waals surface area contributed by atoms with Crippen LogP contribution in [0.3, 0.4) is 0 Å². The molecule has 1 aliphatic rings. The van der Waals surface area contributed by atoms with E-state index in [0.29, 0.717) is 6.54 Å². The number of methoxy groups -OCH3 is 1. The summed E-state index contributed by atoms with van der Waals surface area (Å²) in [6.45, 7) is 8.39. The summed E-state index contributed by atoms with van der Waals surface area (Å²) < 4.78 is 5.34. The lowest BCUT2D eigenvalue weighted by molar-refractivity contribution is 0.0726. The highest BCUT2D eigenvalue weighted by Gasteiger charge is 2.21. The number of benzene rings is 1. The molecule has 5 nitrogen and oxygen atoms in total. The fraction of sp³-hybridized carbons (Fsp3) is 0.591. The molecule has 1 fully saturated rings. The second-order valence-electron chi connectivity index (χ2n) is 7.50. The first-order valence-corrected chi connectivity index (χ1v) is 10.3. The van der Waals surface area contributed by atoms with Crippen molar-refractivity contribution in [1.82, 2.24) is 14.8 Å². The summed E-state index contributed by atoms with van der Waals surface area (Å²) >= 11 is 0. The lowest BCUT2D eigenvalue weighted by atomic mass is 10.0. The predicted molar refractivity (Wildman–Crippen MR) is 110 cm³/mol. The van der Waals surface area contributed by atoms with Gasteiger partial charge in [0.1, 0.15) is 5.75 Å². The number of pyridine rings is 1. The third-order valence-corrected chi connectivity index (χ3v) is 5.57. The number of fused-ring (bicyclic) bond motifs is 1. The number of piperazine rings is 1. The topological polar surface area (TPSA) is 48.8 Å². The molecule has 1 atom stereocenters. The van der Waals surface area contributed by atoms with Crippen LogP contribution >= 0.6 is 0 Å². The zero-order chi connectivity index (χ0) is 19.1. The smallest absolute Gasteiger partial charge is 0.119 e. The van der Waals surface area contributed by atoms with Crippen LogP contribution in [0.5, 0.6) is 5.75 Å². The van der Waals surface area contributed by atoms with Gasteiger partial charge >= 0.3 is 0 Å². The lowest BCUT2D eigenvalue weighted by Gasteiger charge is -2.35. The Balaban J connectivity index is 1.55. The first-order valence-electron chi connectivity index (χ1n) is 10.3. The van der Waals surface area contributed by atoms with E-state index in [9.17, 15) is 5.11 Å². The average Bonchev–Trinajstić information content (AvgIpc) is 2.71. The maximum atomic E-state index is 10.9. The number of β-amino-alcohol motifs (C(OH)–C–C–N with tert-alkyl or cyclic N) is 1. The van der Waals surface area contributed by atoms with Crippen LogP contribution in [0.1, 0.15) is 44.3 Å². The Labute approximate surface area is 162 Å². The first-order chi connectivity index (χ1) is 13.2. The van der Waals surface area contributed by atoms with Gasteiger partial charge in [-0.1, -0.05) is 26.2 Å². The first kappa shape index (κ1) is 20.1. The number of hydrogen-bond acceptors (Lipinski definition) is 5. The fourth-order valence-electron chi connectivity index (χ4n) is 3.86. The van der Waals surface area contributed by atoms with Crippen LogP contribution in [0, 0.1) is 0 Å². The van der Waals surface area contributed by atoms with Crippen molar-refractivity contribution < 1.29 is 9.84 Å². The molecule has 2 aromatic rings. The summed E-state index contributed by atoms with van der Waals surface area (Å²) in [4.78, 5) is 9.35. The van der Waals surface area contributed by atoms with E-state index in [-0.39, 0.29) is 0 Å². The minimum absolute atomic E-state index is 0.515. The van der Waals surface area contributed by atoms with Crippen LogP contribution in [-0.4, -0.2) is 66.3 Å². The Hall–Kier alpha value is -1.69. The van der Waals surface area contributed by atoms with Crippen LogP contribution in [0.25, 0.3) is 10.9 Å². The van der Waals surface area contributed by atoms with E-state index in [1.807, 2.05) is 24.3 Å². The van der Waals surface area contributed by atoms with Crippen molar-refractivity contribution in [3.05, 3.63) is 36.0 Å². The Kier molecular flexibility index (Phi) is 7.44. The maximum Gasteiger partial charge on any atom is 0.119 e. The second kappa shape index (κ2) is 10.0. The SMILES string of the molecule is CCCCCCN1CCN(C[C@@H](O)c2ccnc3ccc(OC)cc23)CC1. The molecular formula is C22H33N3O2. The third kappa shape index (κ3) is 5.41. The number of nitrogens with zero attached hydrogens (tertiary/aromatic N) is 3. The maximum absolute atomic E-state index is 10.9. The van der Waals surface area contributed by atoms with E-state index < -0.39 is 6.10 Å². The van der Waals surface area contributed by atoms with Crippen LogP contribution < -0.4 is 4.74 Å². The van der Waals surface area contributed by atoms with E-state index in [4.69, 9.17) is 4.74 Å². The van der Waals surface area contributed by atoms with Gasteiger partial charge in [0.15, 0.2) is 0 Å². The largest absolute Gasteiger partial charge is 0.497 e. The average molecular weight is 372 g/mol. The van der Waals surface area contributed by atoms with Crippen molar-refractivity contribution in [2.45, 2.75) is 38.7 Å². The molecule has 5 heteroatoms. The molecule has 0 bridgehead atoms. The molecule has 3 rings (SSSR count). The highest BCUT2D eigenvalue weighted by molar-refractivity contribution is 5.83. The molecule has 0 spiro atoms. The van der Waals surface area contributed by atoms with Gasteiger partial charge in [-0.15, -0.1) is 0 Å². The molecule has 0 radical (unpaired) electrons. The van der Waals surface area contributed by atoms with Gasteiger partial charge in [0, 0.05) is 44.3 Å². The summed E-state index contributed by atoms with van der Waals surface area (Å²) in [7, 11) is 1.66. The van der Waals surface area contributed by atoms with Gasteiger partial charge < -0.3 is 14.7 Å². The Morgan fingerprint density at radius 3 is 2.59 bits per heavy atom. The molecule has 0 saturated carbocycles. The van der Waals surface area contributed by atoms with Crippen LogP contribution in [0.15, 0.2) is 30.5 Å². The van der Waals surface area contributed by atoms with Crippen molar-refractivity contribution in [2.75, 3.05) is 46.4 Å². The highest BCUT2D eigenvalue weighted by Crippen LogP contribution is 2.27. The molecule has 1 aliphatic heterocycles. The molecule has 148 valence electrons. The molecule has 1 saturated heterocycles. The summed E-state index contributed by atoms with van der Waals surface area (Å²) in [5.74, 6) is 0.792. The number of rotatable bonds is 9. The highest BCUT2D eigenvalue weighted by atomic mass is 16.5. The number of aliphatic hydroxyl groups is 1. The van der Waals surface area contributed by atoms with E-state index in [0.717, 1.165) is 48.4 Å². The van der Waals surface area contributed by atoms with Crippen molar-refractivity contribution >= 4 is 10.9 Å². The number of ether oxygens (including phenoxy) is 1. The molecule has 0 aliphatic carbocycles. The molecule has 1 aromatic heterocycles. The second-order valence-corrected chi connectivity index (χ2v) is 7.50. The zero-order valence-corrected chi connectivity index (χ0v) is 16.7. The van der Waals surface area contributed by atoms with Gasteiger partial charge in [0.2, 0.25) is 0 Å². The Bertz CT molecular complexity index is 714. The minimum atomic E-state index is -0.515. The molecule has 1 N–H and O–H groups in total. The van der Waals surface area contributed by atoms with Gasteiger partial charge in [-0.25, -0.2) is 0 Å². The molecule has 27 heavy (non-hydrogen) atoms. The zero-order valence-electron chi connectivity index (χ0n) is 16.7. The number of hydrogen-bond donors (Lipinski definition) is 1. The van der Waals surface area contributed by atoms with Crippen molar-refractivity contribution in [3.63, 3.8) is 0 Å². The summed E-state index contributed by atoms with van der Waals surface area (Å²) in [6, 6.07) is 7.75. The molecule has 0 amide bonds. The quantitative estimate of drug-likeness (QED) is 0.684. The summed E-state index contributed by atoms with van der Waals surface area (Å²) in [5.41, 5.74) is 1.82. The van der Waals surface area contributed by atoms with Gasteiger partial charge in [0.25, 0.3) is 0 Å². The summed E-state index contributed by atoms with van der Waals surface area (Å²) in [5, 5.41) is 11.8. The van der Waals surface area contributed by atoms with Crippen LogP contribution in [0.4, 0.5) is 0 Å². The number of aromatic nitrogens is 1. The van der Waals surface area contributed by atoms with Gasteiger partial charge in [-0.2, -0.15) is 0 Å². The monoisotopic (exact) mass is 371 g/mol. The van der Waals surface area contributed by atoms with Crippen molar-refractivity contribution in [3.8, 4) is 5.75 Å². The standard InChI is InChI=1S/C22H33N3O2/c1-3-4-5-6-11-24-12-14-25(15-13-24)17-22(26)19-9-10-23-21-8-7-18(27-2)16-20(19)21/h7-10,16,22,26H,3-6,11-15,17H2,1-2H3/t22-/m1/s1. The van der Waals surface area contributed by atoms with Gasteiger partial charge in [0.05, 0.1) is 18.7 Å². The molecule has 2 heterocycles. The van der Waals surface area contributed by atoms with Crippen LogP contribution in [-0.2, 0) is 0 Å². The minimum Gasteiger partial charge on any atom is -0.497 e. The normalized spacial score (nSPS) is 17.3. The van der Waals surface area contributed by atoms with E-state index in [2.05, 4.69) is 21.7 Å². The van der Waals surface area contributed by atoms with Crippen molar-refractivity contribution in [1.29, 1.82) is 0 Å². The van der Waals surface area contributed by atoms with Gasteiger partial charge in [-0.05, 0) is 42.8 Å². The Morgan fingerprint density at radius 2 is 1.85 bits per heavy atom. The van der Waals surface area contributed by atoms with Crippen molar-refractivity contribution in [2.24, 2.45) is 0 Å². The molecular weight excluding hydrogens is 338 g/mol.